The minimum atomic E-state index is -0.698. The summed E-state index contributed by atoms with van der Waals surface area (Å²) in [4.78, 5) is 21.2. The second kappa shape index (κ2) is 3.44. The number of aliphatic imine (C=N–C) groups is 1. The van der Waals surface area contributed by atoms with Crippen LogP contribution in [-0.4, -0.2) is 21.3 Å². The van der Waals surface area contributed by atoms with Gasteiger partial charge in [-0.05, 0) is 12.1 Å². The largest absolute Gasteiger partial charge is 0.492 e. The van der Waals surface area contributed by atoms with E-state index in [0.717, 1.165) is 16.8 Å². The number of aromatic nitrogens is 2. The van der Waals surface area contributed by atoms with E-state index in [4.69, 9.17) is 4.42 Å². The minimum Gasteiger partial charge on any atom is -0.492 e. The van der Waals surface area contributed by atoms with Gasteiger partial charge in [-0.2, -0.15) is 0 Å². The van der Waals surface area contributed by atoms with E-state index in [1.807, 2.05) is 0 Å². The number of hydrogen-bond donors (Lipinski definition) is 2. The van der Waals surface area contributed by atoms with Crippen molar-refractivity contribution in [2.45, 2.75) is 0 Å². The zero-order valence-electron chi connectivity index (χ0n) is 8.54. The molecule has 0 radical (unpaired) electrons. The lowest BCUT2D eigenvalue weighted by Crippen LogP contribution is -1.92. The maximum absolute atomic E-state index is 10.9. The second-order valence-electron chi connectivity index (χ2n) is 3.48. The van der Waals surface area contributed by atoms with Gasteiger partial charge in [0.2, 0.25) is 5.88 Å². The molecule has 6 heteroatoms. The highest BCUT2D eigenvalue weighted by molar-refractivity contribution is 6.21. The van der Waals surface area contributed by atoms with Gasteiger partial charge in [0.15, 0.2) is 5.76 Å². The number of nitrogens with one attached hydrogen (secondary N) is 1. The molecule has 2 aromatic heterocycles. The molecule has 1 aliphatic rings. The quantitative estimate of drug-likeness (QED) is 0.771. The van der Waals surface area contributed by atoms with E-state index in [0.29, 0.717) is 0 Å². The molecule has 6 nitrogen and oxygen atoms in total. The summed E-state index contributed by atoms with van der Waals surface area (Å²) in [6, 6.07) is 1.78. The molecule has 17 heavy (non-hydrogen) atoms. The van der Waals surface area contributed by atoms with Crippen LogP contribution in [0.1, 0.15) is 11.3 Å². The molecule has 2 N–H and O–H groups in total. The van der Waals surface area contributed by atoms with E-state index in [2.05, 4.69) is 15.0 Å². The van der Waals surface area contributed by atoms with Crippen molar-refractivity contribution in [1.82, 2.24) is 9.97 Å². The van der Waals surface area contributed by atoms with Crippen molar-refractivity contribution < 1.29 is 9.52 Å². The smallest absolute Gasteiger partial charge is 0.419 e. The van der Waals surface area contributed by atoms with Crippen LogP contribution in [0.25, 0.3) is 11.6 Å². The summed E-state index contributed by atoms with van der Waals surface area (Å²) in [7, 11) is 0. The Morgan fingerprint density at radius 1 is 1.47 bits per heavy atom. The Morgan fingerprint density at radius 3 is 3.12 bits per heavy atom. The van der Waals surface area contributed by atoms with Crippen molar-refractivity contribution in [2.24, 2.45) is 4.99 Å². The summed E-state index contributed by atoms with van der Waals surface area (Å²) in [6.45, 7) is 0. The SMILES string of the molecule is O=c1[nH]c(O)c(C=C2C=Nc3ccncc32)o1. The summed E-state index contributed by atoms with van der Waals surface area (Å²) in [5.74, 6) is -0.919. The molecule has 0 spiro atoms. The number of oxazole rings is 1. The molecule has 84 valence electrons. The van der Waals surface area contributed by atoms with Crippen molar-refractivity contribution in [3.05, 3.63) is 40.3 Å². The van der Waals surface area contributed by atoms with Gasteiger partial charge >= 0.3 is 5.76 Å². The van der Waals surface area contributed by atoms with E-state index in [-0.39, 0.29) is 11.6 Å². The molecule has 0 saturated heterocycles. The Balaban J connectivity index is 2.11. The fraction of sp³-hybridized carbons (Fsp3) is 0. The molecule has 0 aromatic carbocycles. The predicted octanol–water partition coefficient (Wildman–Crippen LogP) is 1.32. The van der Waals surface area contributed by atoms with Gasteiger partial charge in [-0.15, -0.1) is 0 Å². The van der Waals surface area contributed by atoms with Crippen LogP contribution in [0.5, 0.6) is 5.88 Å². The Morgan fingerprint density at radius 2 is 2.35 bits per heavy atom. The van der Waals surface area contributed by atoms with Gasteiger partial charge in [0.1, 0.15) is 0 Å². The number of aromatic amines is 1. The molecule has 0 bridgehead atoms. The number of rotatable bonds is 1. The molecule has 1 aliphatic heterocycles. The standard InChI is InChI=1S/C11H7N3O3/c15-10-9(17-11(16)14-10)3-6-4-13-8-1-2-12-5-7(6)8/h1-5,15H,(H,14,16). The zero-order chi connectivity index (χ0) is 11.8. The molecule has 2 aromatic rings. The van der Waals surface area contributed by atoms with Crippen LogP contribution in [0, 0.1) is 0 Å². The monoisotopic (exact) mass is 229 g/mol. The van der Waals surface area contributed by atoms with E-state index < -0.39 is 5.76 Å². The third-order valence-electron chi connectivity index (χ3n) is 2.39. The normalized spacial score (nSPS) is 15.4. The highest BCUT2D eigenvalue weighted by Crippen LogP contribution is 2.32. The van der Waals surface area contributed by atoms with Gasteiger partial charge in [-0.1, -0.05) is 0 Å². The maximum Gasteiger partial charge on any atom is 0.419 e. The maximum atomic E-state index is 10.9. The Hall–Kier alpha value is -2.63. The van der Waals surface area contributed by atoms with Crippen molar-refractivity contribution in [1.29, 1.82) is 0 Å². The minimum absolute atomic E-state index is 0.0770. The van der Waals surface area contributed by atoms with Gasteiger partial charge in [0.05, 0.1) is 5.69 Å². The number of fused-ring (bicyclic) bond motifs is 1. The molecule has 0 fully saturated rings. The average Bonchev–Trinajstić information content (AvgIpc) is 2.85. The molecule has 0 unspecified atom stereocenters. The molecule has 0 aliphatic carbocycles. The fourth-order valence-electron chi connectivity index (χ4n) is 1.62. The second-order valence-corrected chi connectivity index (χ2v) is 3.48. The highest BCUT2D eigenvalue weighted by atomic mass is 16.4. The van der Waals surface area contributed by atoms with Crippen molar-refractivity contribution in [3.8, 4) is 5.88 Å². The Bertz CT molecular complexity index is 694. The highest BCUT2D eigenvalue weighted by Gasteiger charge is 2.14. The lowest BCUT2D eigenvalue weighted by Gasteiger charge is -1.96. The third-order valence-corrected chi connectivity index (χ3v) is 2.39. The van der Waals surface area contributed by atoms with Crippen LogP contribution >= 0.6 is 0 Å². The van der Waals surface area contributed by atoms with Gasteiger partial charge in [-0.25, -0.2) is 4.79 Å². The van der Waals surface area contributed by atoms with Crippen molar-refractivity contribution in [3.63, 3.8) is 0 Å². The van der Waals surface area contributed by atoms with Crippen LogP contribution < -0.4 is 5.76 Å². The zero-order valence-corrected chi connectivity index (χ0v) is 8.54. The molecular weight excluding hydrogens is 222 g/mol. The van der Waals surface area contributed by atoms with Crippen LogP contribution in [0.15, 0.2) is 32.7 Å². The number of hydrogen-bond acceptors (Lipinski definition) is 5. The van der Waals surface area contributed by atoms with Gasteiger partial charge in [-0.3, -0.25) is 15.0 Å². The van der Waals surface area contributed by atoms with Crippen LogP contribution in [0.3, 0.4) is 0 Å². The predicted molar refractivity (Wildman–Crippen MR) is 61.3 cm³/mol. The topological polar surface area (TPSA) is 91.5 Å². The summed E-state index contributed by atoms with van der Waals surface area (Å²) in [6.07, 6.45) is 6.46. The van der Waals surface area contributed by atoms with Gasteiger partial charge in [0, 0.05) is 29.7 Å². The third kappa shape index (κ3) is 1.55. The van der Waals surface area contributed by atoms with E-state index in [1.165, 1.54) is 6.08 Å². The Labute approximate surface area is 95.0 Å². The Kier molecular flexibility index (Phi) is 1.94. The first-order valence-corrected chi connectivity index (χ1v) is 4.86. The molecule has 0 saturated carbocycles. The number of aromatic hydroxyl groups is 1. The number of allylic oxidation sites excluding steroid dienone is 1. The first kappa shape index (κ1) is 9.59. The first-order valence-electron chi connectivity index (χ1n) is 4.86. The van der Waals surface area contributed by atoms with Crippen LogP contribution in [0.2, 0.25) is 0 Å². The van der Waals surface area contributed by atoms with Gasteiger partial charge < -0.3 is 9.52 Å². The number of H-pyrrole nitrogens is 1. The summed E-state index contributed by atoms with van der Waals surface area (Å²) < 4.78 is 4.77. The number of pyridine rings is 1. The lowest BCUT2D eigenvalue weighted by molar-refractivity contribution is 0.443. The molecule has 3 heterocycles. The first-order chi connectivity index (χ1) is 8.24. The van der Waals surface area contributed by atoms with E-state index in [9.17, 15) is 9.90 Å². The summed E-state index contributed by atoms with van der Waals surface area (Å²) in [5, 5.41) is 9.39. The van der Waals surface area contributed by atoms with E-state index >= 15 is 0 Å². The molecule has 0 atom stereocenters. The fourth-order valence-corrected chi connectivity index (χ4v) is 1.62. The number of nitrogens with zero attached hydrogens (tertiary/aromatic N) is 2. The van der Waals surface area contributed by atoms with Crippen LogP contribution in [-0.2, 0) is 0 Å². The van der Waals surface area contributed by atoms with E-state index in [1.54, 1.807) is 24.7 Å². The molecular formula is C11H7N3O3. The van der Waals surface area contributed by atoms with Crippen molar-refractivity contribution in [2.75, 3.05) is 0 Å². The molecule has 0 amide bonds. The van der Waals surface area contributed by atoms with Crippen LogP contribution in [0.4, 0.5) is 5.69 Å². The van der Waals surface area contributed by atoms with Crippen molar-refractivity contribution >= 4 is 23.6 Å². The summed E-state index contributed by atoms with van der Waals surface area (Å²) in [5.41, 5.74) is 2.35. The average molecular weight is 229 g/mol. The van der Waals surface area contributed by atoms with Gasteiger partial charge in [0.25, 0.3) is 0 Å². The summed E-state index contributed by atoms with van der Waals surface area (Å²) >= 11 is 0. The molecule has 3 rings (SSSR count). The lowest BCUT2D eigenvalue weighted by atomic mass is 10.1.